The maximum atomic E-state index is 10.9. The summed E-state index contributed by atoms with van der Waals surface area (Å²) in [5, 5.41) is 0. The molecule has 2 aromatic heterocycles. The largest absolute Gasteiger partial charge is 0.465 e. The zero-order valence-corrected chi connectivity index (χ0v) is 14.1. The van der Waals surface area contributed by atoms with Gasteiger partial charge < -0.3 is 24.6 Å². The number of methoxy groups -OCH3 is 1. The molecule has 0 saturated carbocycles. The van der Waals surface area contributed by atoms with Gasteiger partial charge in [-0.1, -0.05) is 0 Å². The fourth-order valence-corrected chi connectivity index (χ4v) is 2.05. The highest BCUT2D eigenvalue weighted by atomic mass is 16.5. The van der Waals surface area contributed by atoms with Crippen LogP contribution in [0.25, 0.3) is 11.2 Å². The van der Waals surface area contributed by atoms with Gasteiger partial charge in [-0.05, 0) is 13.3 Å². The number of rotatable bonds is 7. The molecule has 0 amide bonds. The molecule has 0 radical (unpaired) electrons. The van der Waals surface area contributed by atoms with E-state index >= 15 is 0 Å². The fourth-order valence-electron chi connectivity index (χ4n) is 2.05. The average molecular weight is 337 g/mol. The minimum Gasteiger partial charge on any atom is -0.465 e. The van der Waals surface area contributed by atoms with Crippen LogP contribution in [0, 0.1) is 5.92 Å². The molecule has 2 rings (SSSR count). The number of hydrogen-bond donors (Lipinski definition) is 1. The van der Waals surface area contributed by atoms with Gasteiger partial charge in [0, 0.05) is 26.5 Å². The van der Waals surface area contributed by atoms with E-state index in [1.807, 2.05) is 4.57 Å². The Morgan fingerprint density at radius 3 is 2.75 bits per heavy atom. The lowest BCUT2D eigenvalue weighted by molar-refractivity contribution is -0.143. The van der Waals surface area contributed by atoms with E-state index in [1.54, 1.807) is 19.6 Å². The Bertz CT molecular complexity index is 658. The third-order valence-electron chi connectivity index (χ3n) is 3.10. The molecule has 1 atom stereocenters. The summed E-state index contributed by atoms with van der Waals surface area (Å²) in [6.45, 7) is 4.43. The monoisotopic (exact) mass is 337 g/mol. The van der Waals surface area contributed by atoms with Gasteiger partial charge >= 0.3 is 5.97 Å². The molecule has 0 fully saturated rings. The van der Waals surface area contributed by atoms with Gasteiger partial charge in [-0.25, -0.2) is 9.97 Å². The first-order valence-electron chi connectivity index (χ1n) is 7.47. The highest BCUT2D eigenvalue weighted by Crippen LogP contribution is 2.13. The number of carbonyl (C=O) groups is 2. The lowest BCUT2D eigenvalue weighted by Crippen LogP contribution is -2.19. The summed E-state index contributed by atoms with van der Waals surface area (Å²) in [5.74, 6) is 0.0546. The first-order valence-corrected chi connectivity index (χ1v) is 7.47. The van der Waals surface area contributed by atoms with E-state index in [4.69, 9.17) is 20.0 Å². The molecule has 24 heavy (non-hydrogen) atoms. The summed E-state index contributed by atoms with van der Waals surface area (Å²) >= 11 is 0. The van der Waals surface area contributed by atoms with Crippen LogP contribution in [-0.2, 0) is 25.6 Å². The van der Waals surface area contributed by atoms with Gasteiger partial charge in [-0.3, -0.25) is 4.79 Å². The Labute approximate surface area is 140 Å². The van der Waals surface area contributed by atoms with Crippen molar-refractivity contribution in [3.8, 4) is 0 Å². The number of ether oxygens (including phenoxy) is 2. The molecule has 1 unspecified atom stereocenters. The minimum atomic E-state index is -0.284. The molecule has 2 N–H and O–H groups in total. The van der Waals surface area contributed by atoms with E-state index in [1.165, 1.54) is 13.8 Å². The number of fused-ring (bicyclic) bond motifs is 1. The molecule has 0 aromatic carbocycles. The Hall–Kier alpha value is -2.55. The number of esters is 1. The quantitative estimate of drug-likeness (QED) is 0.582. The second-order valence-corrected chi connectivity index (χ2v) is 5.02. The highest BCUT2D eigenvalue weighted by Gasteiger charge is 2.12. The first kappa shape index (κ1) is 19.5. The maximum Gasteiger partial charge on any atom is 0.302 e. The Morgan fingerprint density at radius 2 is 2.12 bits per heavy atom. The van der Waals surface area contributed by atoms with Crippen molar-refractivity contribution < 1.29 is 19.1 Å². The van der Waals surface area contributed by atoms with Crippen LogP contribution in [0.4, 0.5) is 5.95 Å². The number of imidazole rings is 1. The molecular weight excluding hydrogens is 314 g/mol. The van der Waals surface area contributed by atoms with Gasteiger partial charge in [0.1, 0.15) is 11.8 Å². The lowest BCUT2D eigenvalue weighted by atomic mass is 10.1. The van der Waals surface area contributed by atoms with Gasteiger partial charge in [0.15, 0.2) is 5.65 Å². The van der Waals surface area contributed by atoms with Crippen LogP contribution in [0.3, 0.4) is 0 Å². The normalized spacial score (nSPS) is 11.5. The molecule has 0 bridgehead atoms. The smallest absolute Gasteiger partial charge is 0.302 e. The van der Waals surface area contributed by atoms with Crippen LogP contribution >= 0.6 is 0 Å². The minimum absolute atomic E-state index is 0.131. The number of nitrogens with two attached hydrogens (primary N) is 1. The van der Waals surface area contributed by atoms with Gasteiger partial charge in [-0.2, -0.15) is 4.98 Å². The van der Waals surface area contributed by atoms with Crippen molar-refractivity contribution in [3.63, 3.8) is 0 Å². The number of aldehydes is 1. The number of nitrogen functional groups attached to an aromatic ring is 1. The van der Waals surface area contributed by atoms with Gasteiger partial charge in [0.2, 0.25) is 5.95 Å². The fraction of sp³-hybridized carbons (Fsp3) is 0.533. The third-order valence-corrected chi connectivity index (χ3v) is 3.10. The number of anilines is 1. The molecule has 2 aromatic rings. The van der Waals surface area contributed by atoms with Crippen molar-refractivity contribution in [2.75, 3.05) is 26.1 Å². The number of aryl methyl sites for hydroxylation is 1. The lowest BCUT2D eigenvalue weighted by Gasteiger charge is -2.16. The van der Waals surface area contributed by atoms with E-state index in [9.17, 15) is 4.79 Å². The van der Waals surface area contributed by atoms with Crippen molar-refractivity contribution in [3.05, 3.63) is 12.5 Å². The number of hydrogen-bond acceptors (Lipinski definition) is 8. The van der Waals surface area contributed by atoms with Gasteiger partial charge in [0.05, 0.1) is 25.7 Å². The van der Waals surface area contributed by atoms with E-state index in [0.717, 1.165) is 18.2 Å². The van der Waals surface area contributed by atoms with Crippen molar-refractivity contribution in [2.24, 2.45) is 5.92 Å². The number of nitrogens with zero attached hydrogens (tertiary/aromatic N) is 4. The molecular formula is C15H23N5O4. The summed E-state index contributed by atoms with van der Waals surface area (Å²) in [7, 11) is 1.63. The second kappa shape index (κ2) is 10.3. The van der Waals surface area contributed by atoms with Crippen molar-refractivity contribution in [1.82, 2.24) is 19.5 Å². The van der Waals surface area contributed by atoms with Crippen LogP contribution in [0.5, 0.6) is 0 Å². The van der Waals surface area contributed by atoms with Crippen molar-refractivity contribution in [1.29, 1.82) is 0 Å². The SMILES string of the molecule is CC=O.COCC(CCn1cnc2nc(N)ncc21)COC(C)=O. The summed E-state index contributed by atoms with van der Waals surface area (Å²) in [6.07, 6.45) is 4.90. The van der Waals surface area contributed by atoms with Crippen molar-refractivity contribution in [2.45, 2.75) is 26.8 Å². The molecule has 9 nitrogen and oxygen atoms in total. The summed E-state index contributed by atoms with van der Waals surface area (Å²) in [6, 6.07) is 0. The summed E-state index contributed by atoms with van der Waals surface area (Å²) in [4.78, 5) is 31.9. The molecule has 0 aliphatic heterocycles. The van der Waals surface area contributed by atoms with Crippen LogP contribution in [0.2, 0.25) is 0 Å². The van der Waals surface area contributed by atoms with E-state index in [-0.39, 0.29) is 17.8 Å². The molecule has 2 heterocycles. The zero-order chi connectivity index (χ0) is 17.9. The summed E-state index contributed by atoms with van der Waals surface area (Å²) in [5.41, 5.74) is 6.93. The second-order valence-electron chi connectivity index (χ2n) is 5.02. The summed E-state index contributed by atoms with van der Waals surface area (Å²) < 4.78 is 12.1. The van der Waals surface area contributed by atoms with Gasteiger partial charge in [-0.15, -0.1) is 0 Å². The van der Waals surface area contributed by atoms with Crippen LogP contribution in [-0.4, -0.2) is 52.1 Å². The van der Waals surface area contributed by atoms with E-state index in [2.05, 4.69) is 15.0 Å². The predicted molar refractivity (Wildman–Crippen MR) is 88.1 cm³/mol. The van der Waals surface area contributed by atoms with Crippen LogP contribution < -0.4 is 5.73 Å². The average Bonchev–Trinajstić information content (AvgIpc) is 2.93. The van der Waals surface area contributed by atoms with Crippen LogP contribution in [0.1, 0.15) is 20.3 Å². The molecule has 0 aliphatic carbocycles. The Morgan fingerprint density at radius 1 is 1.42 bits per heavy atom. The maximum absolute atomic E-state index is 10.9. The molecule has 0 saturated heterocycles. The standard InChI is InChI=1S/C13H19N5O3.C2H4O/c1-9(19)21-7-10(6-20-2)3-4-18-8-16-12-11(18)5-15-13(14)17-12;1-2-3/h5,8,10H,3-4,6-7H2,1-2H3,(H2,14,15,17);2H,1H3. The van der Waals surface area contributed by atoms with Crippen molar-refractivity contribution >= 4 is 29.4 Å². The molecule has 132 valence electrons. The predicted octanol–water partition coefficient (Wildman–Crippen LogP) is 0.829. The van der Waals surface area contributed by atoms with E-state index < -0.39 is 0 Å². The van der Waals surface area contributed by atoms with Gasteiger partial charge in [0.25, 0.3) is 0 Å². The topological polar surface area (TPSA) is 122 Å². The van der Waals surface area contributed by atoms with E-state index in [0.29, 0.717) is 25.4 Å². The van der Waals surface area contributed by atoms with Crippen LogP contribution in [0.15, 0.2) is 12.5 Å². The first-order chi connectivity index (χ1) is 11.5. The molecule has 0 aliphatic rings. The zero-order valence-electron chi connectivity index (χ0n) is 14.1. The molecule has 9 heteroatoms. The number of carbonyl (C=O) groups excluding carboxylic acids is 2. The highest BCUT2D eigenvalue weighted by molar-refractivity contribution is 5.70. The molecule has 0 spiro atoms. The number of aromatic nitrogens is 4. The Kier molecular flexibility index (Phi) is 8.34. The third kappa shape index (κ3) is 6.29. The Balaban J connectivity index is 0.000000891.